The van der Waals surface area contributed by atoms with Gasteiger partial charge in [0.25, 0.3) is 5.56 Å². The molecule has 3 aromatic rings. The Morgan fingerprint density at radius 3 is 2.69 bits per heavy atom. The quantitative estimate of drug-likeness (QED) is 0.655. The zero-order chi connectivity index (χ0) is 21.8. The molecule has 2 fully saturated rings. The van der Waals surface area contributed by atoms with Crippen molar-refractivity contribution < 1.29 is 9.69 Å². The van der Waals surface area contributed by atoms with Gasteiger partial charge in [-0.1, -0.05) is 18.2 Å². The van der Waals surface area contributed by atoms with Gasteiger partial charge in [0.15, 0.2) is 0 Å². The summed E-state index contributed by atoms with van der Waals surface area (Å²) in [6, 6.07) is 15.3. The molecule has 0 radical (unpaired) electrons. The molecule has 2 saturated heterocycles. The molecule has 0 spiro atoms. The van der Waals surface area contributed by atoms with Crippen LogP contribution in [0.15, 0.2) is 47.3 Å². The van der Waals surface area contributed by atoms with Gasteiger partial charge in [0, 0.05) is 78.1 Å². The van der Waals surface area contributed by atoms with Crippen molar-refractivity contribution in [2.75, 3.05) is 26.2 Å². The number of nitrogens with one attached hydrogen (secondary N) is 1. The van der Waals surface area contributed by atoms with Gasteiger partial charge in [0.2, 0.25) is 5.91 Å². The minimum absolute atomic E-state index is 0.151. The average Bonchev–Trinajstić information content (AvgIpc) is 3.24. The van der Waals surface area contributed by atoms with Gasteiger partial charge < -0.3 is 14.4 Å². The van der Waals surface area contributed by atoms with Crippen LogP contribution in [0.25, 0.3) is 20.5 Å². The van der Waals surface area contributed by atoms with Crippen LogP contribution < -0.4 is 10.5 Å². The normalized spacial score (nSPS) is 25.7. The number of carbonyl (C=O) groups excluding carboxylic acids is 1. The molecule has 1 amide bonds. The largest absolute Gasteiger partial charge is 0.342 e. The van der Waals surface area contributed by atoms with Crippen LogP contribution in [0.3, 0.4) is 0 Å². The summed E-state index contributed by atoms with van der Waals surface area (Å²) in [6.45, 7) is 6.56. The van der Waals surface area contributed by atoms with E-state index >= 15 is 0 Å². The van der Waals surface area contributed by atoms with E-state index in [0.29, 0.717) is 17.9 Å². The van der Waals surface area contributed by atoms with Crippen LogP contribution in [0.5, 0.6) is 0 Å². The van der Waals surface area contributed by atoms with Crippen LogP contribution in [-0.2, 0) is 11.3 Å². The molecule has 5 nitrogen and oxygen atoms in total. The second-order valence-corrected chi connectivity index (χ2v) is 11.0. The highest BCUT2D eigenvalue weighted by Crippen LogP contribution is 2.41. The highest BCUT2D eigenvalue weighted by molar-refractivity contribution is 7.22. The number of nitrogens with zero attached hydrogens (tertiary/aromatic N) is 2. The number of piperidine rings is 2. The first-order chi connectivity index (χ1) is 15.6. The fourth-order valence-electron chi connectivity index (χ4n) is 6.43. The summed E-state index contributed by atoms with van der Waals surface area (Å²) in [4.78, 5) is 29.6. The van der Waals surface area contributed by atoms with E-state index in [4.69, 9.17) is 0 Å². The van der Waals surface area contributed by atoms with Crippen LogP contribution in [0.1, 0.15) is 37.8 Å². The third-order valence-corrected chi connectivity index (χ3v) is 9.09. The monoisotopic (exact) mass is 448 g/mol. The maximum Gasteiger partial charge on any atom is 0.250 e. The molecule has 6 heteroatoms. The average molecular weight is 449 g/mol. The smallest absolute Gasteiger partial charge is 0.250 e. The lowest BCUT2D eigenvalue weighted by molar-refractivity contribution is -0.937. The number of aromatic nitrogens is 1. The van der Waals surface area contributed by atoms with Gasteiger partial charge in [-0.05, 0) is 30.0 Å². The summed E-state index contributed by atoms with van der Waals surface area (Å²) >= 11 is 1.83. The number of quaternary nitrogens is 1. The van der Waals surface area contributed by atoms with Gasteiger partial charge in [-0.3, -0.25) is 9.59 Å². The second-order valence-electron chi connectivity index (χ2n) is 9.88. The number of pyridine rings is 1. The number of benzene rings is 1. The van der Waals surface area contributed by atoms with E-state index in [-0.39, 0.29) is 11.5 Å². The van der Waals surface area contributed by atoms with Gasteiger partial charge in [-0.15, -0.1) is 11.3 Å². The molecule has 1 unspecified atom stereocenters. The molecule has 3 aliphatic heterocycles. The zero-order valence-electron chi connectivity index (χ0n) is 18.5. The number of rotatable bonds is 2. The van der Waals surface area contributed by atoms with E-state index in [1.54, 1.807) is 17.9 Å². The topological polar surface area (TPSA) is 46.8 Å². The van der Waals surface area contributed by atoms with Crippen LogP contribution in [-0.4, -0.2) is 47.6 Å². The minimum atomic E-state index is 0.151. The number of fused-ring (bicyclic) bond motifs is 5. The Morgan fingerprint density at radius 2 is 1.91 bits per heavy atom. The molecule has 166 valence electrons. The van der Waals surface area contributed by atoms with Crippen molar-refractivity contribution in [3.8, 4) is 10.4 Å². The van der Waals surface area contributed by atoms with E-state index in [1.807, 2.05) is 16.2 Å². The predicted octanol–water partition coefficient (Wildman–Crippen LogP) is 2.74. The third-order valence-electron chi connectivity index (χ3n) is 7.94. The molecule has 0 aliphatic carbocycles. The lowest BCUT2D eigenvalue weighted by atomic mass is 9.80. The van der Waals surface area contributed by atoms with Crippen LogP contribution in [0.4, 0.5) is 0 Å². The van der Waals surface area contributed by atoms with Crippen molar-refractivity contribution in [2.24, 2.45) is 5.92 Å². The molecule has 3 aliphatic rings. The minimum Gasteiger partial charge on any atom is -0.342 e. The first-order valence-corrected chi connectivity index (χ1v) is 12.7. The van der Waals surface area contributed by atoms with Crippen molar-refractivity contribution >= 4 is 27.3 Å². The van der Waals surface area contributed by atoms with Crippen LogP contribution in [0.2, 0.25) is 0 Å². The van der Waals surface area contributed by atoms with Crippen LogP contribution in [0, 0.1) is 5.92 Å². The Balaban J connectivity index is 1.33. The van der Waals surface area contributed by atoms with Crippen molar-refractivity contribution in [1.29, 1.82) is 0 Å². The number of hydrogen-bond donors (Lipinski definition) is 1. The van der Waals surface area contributed by atoms with E-state index in [0.717, 1.165) is 45.6 Å². The first-order valence-electron chi connectivity index (χ1n) is 11.9. The summed E-state index contributed by atoms with van der Waals surface area (Å²) in [7, 11) is 0. The van der Waals surface area contributed by atoms with Gasteiger partial charge in [-0.25, -0.2) is 0 Å². The number of carbonyl (C=O) groups is 1. The van der Waals surface area contributed by atoms with Crippen molar-refractivity contribution in [3.63, 3.8) is 0 Å². The molecule has 0 saturated carbocycles. The maximum atomic E-state index is 12.9. The van der Waals surface area contributed by atoms with E-state index < -0.39 is 0 Å². The molecule has 5 heterocycles. The second kappa shape index (κ2) is 7.85. The summed E-state index contributed by atoms with van der Waals surface area (Å²) < 4.78 is 3.39. The summed E-state index contributed by atoms with van der Waals surface area (Å²) in [6.07, 6.45) is 3.38. The molecule has 2 bridgehead atoms. The summed E-state index contributed by atoms with van der Waals surface area (Å²) in [5, 5.41) is 1.28. The first kappa shape index (κ1) is 20.2. The van der Waals surface area contributed by atoms with E-state index in [9.17, 15) is 9.59 Å². The fourth-order valence-corrected chi connectivity index (χ4v) is 7.52. The van der Waals surface area contributed by atoms with Gasteiger partial charge >= 0.3 is 0 Å². The van der Waals surface area contributed by atoms with E-state index in [2.05, 4.69) is 41.0 Å². The molecule has 32 heavy (non-hydrogen) atoms. The number of likely N-dealkylation sites (tertiary alicyclic amines) is 2. The third kappa shape index (κ3) is 3.41. The lowest BCUT2D eigenvalue weighted by Crippen LogP contribution is -3.18. The molecular formula is C26H30N3O2S+. The SMILES string of the molecule is CC(=O)N1CCC([NH+]2C[C@@H]3C[C@H](C2)c2c(-c4cc5ccccc5s4)ccc(=O)n2C3)CC1. The molecular weight excluding hydrogens is 418 g/mol. The van der Waals surface area contributed by atoms with E-state index in [1.165, 1.54) is 32.6 Å². The number of hydrogen-bond acceptors (Lipinski definition) is 3. The molecule has 6 rings (SSSR count). The zero-order valence-corrected chi connectivity index (χ0v) is 19.4. The van der Waals surface area contributed by atoms with Crippen molar-refractivity contribution in [2.45, 2.75) is 44.7 Å². The van der Waals surface area contributed by atoms with Gasteiger partial charge in [0.05, 0.1) is 19.1 Å². The van der Waals surface area contributed by atoms with Gasteiger partial charge in [0.1, 0.15) is 0 Å². The number of thiophene rings is 1. The van der Waals surface area contributed by atoms with Crippen molar-refractivity contribution in [3.05, 3.63) is 58.5 Å². The Bertz CT molecular complexity index is 1200. The summed E-state index contributed by atoms with van der Waals surface area (Å²) in [5.74, 6) is 1.20. The molecule has 2 aromatic heterocycles. The Kier molecular flexibility index (Phi) is 4.95. The molecule has 1 N–H and O–H groups in total. The number of amides is 1. The highest BCUT2D eigenvalue weighted by Gasteiger charge is 2.42. The van der Waals surface area contributed by atoms with Crippen LogP contribution >= 0.6 is 11.3 Å². The maximum absolute atomic E-state index is 12.9. The van der Waals surface area contributed by atoms with Crippen molar-refractivity contribution in [1.82, 2.24) is 9.47 Å². The standard InChI is InChI=1S/C26H29N3O2S/c1-17(30)27-10-8-21(9-11-27)28-14-18-12-20(16-28)26-22(6-7-25(31)29(26)15-18)24-13-19-4-2-3-5-23(19)32-24/h2-7,13,18,20-21H,8-12,14-16H2,1H3/p+1/t18-,20+/m0/s1. The lowest BCUT2D eigenvalue weighted by Gasteiger charge is -2.45. The predicted molar refractivity (Wildman–Crippen MR) is 128 cm³/mol. The Morgan fingerprint density at radius 1 is 1.09 bits per heavy atom. The highest BCUT2D eigenvalue weighted by atomic mass is 32.1. The summed E-state index contributed by atoms with van der Waals surface area (Å²) in [5.41, 5.74) is 2.67. The Labute approximate surface area is 192 Å². The fraction of sp³-hybridized carbons (Fsp3) is 0.462. The van der Waals surface area contributed by atoms with Gasteiger partial charge in [-0.2, -0.15) is 0 Å². The Hall–Kier alpha value is -2.44. The molecule has 1 aromatic carbocycles. The molecule has 3 atom stereocenters.